The van der Waals surface area contributed by atoms with Crippen molar-refractivity contribution in [3.8, 4) is 6.07 Å². The average Bonchev–Trinajstić information content (AvgIpc) is 3.41. The van der Waals surface area contributed by atoms with Gasteiger partial charge >= 0.3 is 0 Å². The Balaban J connectivity index is 1.79. The maximum Gasteiger partial charge on any atom is 0.270 e. The largest absolute Gasteiger partial charge is 0.357 e. The third-order valence-corrected chi connectivity index (χ3v) is 7.56. The summed E-state index contributed by atoms with van der Waals surface area (Å²) in [5.74, 6) is 0.644. The Morgan fingerprint density at radius 2 is 1.82 bits per heavy atom. The smallest absolute Gasteiger partial charge is 0.270 e. The van der Waals surface area contributed by atoms with Crippen LogP contribution in [0.3, 0.4) is 0 Å². The van der Waals surface area contributed by atoms with Crippen molar-refractivity contribution in [1.82, 2.24) is 9.47 Å². The highest BCUT2D eigenvalue weighted by Gasteiger charge is 2.33. The molecule has 170 valence electrons. The van der Waals surface area contributed by atoms with Gasteiger partial charge in [0.05, 0.1) is 11.4 Å². The quantitative estimate of drug-likeness (QED) is 0.470. The second kappa shape index (κ2) is 9.54. The number of aromatic nitrogens is 1. The summed E-state index contributed by atoms with van der Waals surface area (Å²) in [5.41, 5.74) is 3.39. The van der Waals surface area contributed by atoms with Gasteiger partial charge in [0.2, 0.25) is 0 Å². The zero-order chi connectivity index (χ0) is 23.7. The lowest BCUT2D eigenvalue weighted by Gasteiger charge is -2.26. The Labute approximate surface area is 203 Å². The fraction of sp³-hybridized carbons (Fsp3) is 0.360. The number of benzene rings is 1. The van der Waals surface area contributed by atoms with E-state index in [0.29, 0.717) is 27.9 Å². The van der Waals surface area contributed by atoms with Crippen molar-refractivity contribution in [2.45, 2.75) is 46.7 Å². The van der Waals surface area contributed by atoms with Crippen LogP contribution in [0.25, 0.3) is 6.08 Å². The van der Waals surface area contributed by atoms with Gasteiger partial charge in [0.15, 0.2) is 0 Å². The van der Waals surface area contributed by atoms with E-state index in [0.717, 1.165) is 48.4 Å². The second-order valence-corrected chi connectivity index (χ2v) is 10.0. The van der Waals surface area contributed by atoms with Gasteiger partial charge in [-0.05, 0) is 50.8 Å². The van der Waals surface area contributed by atoms with Crippen LogP contribution in [0.4, 0.5) is 5.82 Å². The molecule has 2 aliphatic rings. The molecule has 1 aromatic heterocycles. The Morgan fingerprint density at radius 3 is 2.42 bits per heavy atom. The number of thiocarbonyl (C=S) groups is 1. The molecule has 33 heavy (non-hydrogen) atoms. The van der Waals surface area contributed by atoms with Crippen LogP contribution in [-0.4, -0.2) is 32.8 Å². The maximum atomic E-state index is 13.3. The van der Waals surface area contributed by atoms with E-state index < -0.39 is 0 Å². The van der Waals surface area contributed by atoms with Crippen molar-refractivity contribution in [3.05, 3.63) is 67.3 Å². The minimum absolute atomic E-state index is 0.126. The summed E-state index contributed by atoms with van der Waals surface area (Å²) >= 11 is 6.81. The Morgan fingerprint density at radius 1 is 1.15 bits per heavy atom. The highest BCUT2D eigenvalue weighted by atomic mass is 32.2. The summed E-state index contributed by atoms with van der Waals surface area (Å²) in [7, 11) is 0. The highest BCUT2D eigenvalue weighted by molar-refractivity contribution is 8.26. The van der Waals surface area contributed by atoms with Crippen LogP contribution in [0, 0.1) is 25.2 Å². The summed E-state index contributed by atoms with van der Waals surface area (Å²) < 4.78 is 2.17. The van der Waals surface area contributed by atoms with E-state index in [1.807, 2.05) is 44.2 Å². The number of amides is 1. The zero-order valence-electron chi connectivity index (χ0n) is 19.1. The molecule has 0 atom stereocenters. The van der Waals surface area contributed by atoms with Gasteiger partial charge in [0.25, 0.3) is 11.5 Å². The lowest BCUT2D eigenvalue weighted by atomic mass is 10.0. The van der Waals surface area contributed by atoms with E-state index in [2.05, 4.69) is 11.0 Å². The van der Waals surface area contributed by atoms with E-state index in [1.165, 1.54) is 11.8 Å². The van der Waals surface area contributed by atoms with Gasteiger partial charge in [-0.2, -0.15) is 5.26 Å². The predicted molar refractivity (Wildman–Crippen MR) is 137 cm³/mol. The van der Waals surface area contributed by atoms with Crippen molar-refractivity contribution in [3.63, 3.8) is 0 Å². The molecule has 2 aliphatic heterocycles. The van der Waals surface area contributed by atoms with Gasteiger partial charge < -0.3 is 4.90 Å². The number of rotatable bonds is 5. The predicted octanol–water partition coefficient (Wildman–Crippen LogP) is 4.36. The van der Waals surface area contributed by atoms with Gasteiger partial charge in [0.1, 0.15) is 21.8 Å². The molecule has 1 aromatic carbocycles. The molecule has 0 N–H and O–H groups in total. The molecule has 0 bridgehead atoms. The van der Waals surface area contributed by atoms with Crippen LogP contribution in [0.5, 0.6) is 0 Å². The molecular formula is C25H26N4O2S2. The lowest BCUT2D eigenvalue weighted by molar-refractivity contribution is -0.122. The number of hydrogen-bond donors (Lipinski definition) is 0. The van der Waals surface area contributed by atoms with Gasteiger partial charge in [-0.15, -0.1) is 0 Å². The fourth-order valence-electron chi connectivity index (χ4n) is 4.35. The minimum atomic E-state index is -0.275. The normalized spacial score (nSPS) is 17.3. The minimum Gasteiger partial charge on any atom is -0.357 e. The summed E-state index contributed by atoms with van der Waals surface area (Å²) in [6.45, 7) is 8.28. The number of anilines is 1. The zero-order valence-corrected chi connectivity index (χ0v) is 20.7. The van der Waals surface area contributed by atoms with Crippen LogP contribution in [0.1, 0.15) is 47.6 Å². The molecule has 0 spiro atoms. The van der Waals surface area contributed by atoms with Crippen molar-refractivity contribution in [2.24, 2.45) is 0 Å². The monoisotopic (exact) mass is 478 g/mol. The lowest BCUT2D eigenvalue weighted by Crippen LogP contribution is -2.32. The topological polar surface area (TPSA) is 69.3 Å². The number of nitrogens with zero attached hydrogens (tertiary/aromatic N) is 4. The number of pyridine rings is 1. The van der Waals surface area contributed by atoms with E-state index in [4.69, 9.17) is 12.2 Å². The summed E-state index contributed by atoms with van der Waals surface area (Å²) in [6, 6.07) is 10.1. The molecule has 0 radical (unpaired) electrons. The number of hydrogen-bond acceptors (Lipinski definition) is 6. The molecule has 2 saturated heterocycles. The van der Waals surface area contributed by atoms with E-state index in [9.17, 15) is 14.9 Å². The Hall–Kier alpha value is -2.89. The molecular weight excluding hydrogens is 452 g/mol. The number of carbonyl (C=O) groups excluding carboxylic acids is 1. The van der Waals surface area contributed by atoms with E-state index in [-0.39, 0.29) is 17.0 Å². The van der Waals surface area contributed by atoms with Crippen molar-refractivity contribution >= 4 is 46.1 Å². The van der Waals surface area contributed by atoms with E-state index >= 15 is 0 Å². The van der Waals surface area contributed by atoms with Crippen LogP contribution in [-0.2, 0) is 17.9 Å². The molecule has 0 unspecified atom stereocenters. The molecule has 8 heteroatoms. The fourth-order valence-corrected chi connectivity index (χ4v) is 5.59. The van der Waals surface area contributed by atoms with Crippen molar-refractivity contribution in [2.75, 3.05) is 18.0 Å². The van der Waals surface area contributed by atoms with E-state index in [1.54, 1.807) is 16.4 Å². The first kappa shape index (κ1) is 23.3. The highest BCUT2D eigenvalue weighted by Crippen LogP contribution is 2.37. The summed E-state index contributed by atoms with van der Waals surface area (Å²) in [5, 5.41) is 9.68. The molecule has 3 heterocycles. The van der Waals surface area contributed by atoms with Crippen LogP contribution in [0.2, 0.25) is 0 Å². The Kier molecular flexibility index (Phi) is 6.73. The number of carbonyl (C=O) groups is 1. The summed E-state index contributed by atoms with van der Waals surface area (Å²) in [4.78, 5) is 30.6. The van der Waals surface area contributed by atoms with Crippen LogP contribution < -0.4 is 10.5 Å². The van der Waals surface area contributed by atoms with Gasteiger partial charge in [-0.1, -0.05) is 53.8 Å². The van der Waals surface area contributed by atoms with Crippen molar-refractivity contribution in [1.29, 1.82) is 5.26 Å². The summed E-state index contributed by atoms with van der Waals surface area (Å²) in [6.07, 6.45) is 3.92. The first-order chi connectivity index (χ1) is 15.8. The van der Waals surface area contributed by atoms with Crippen molar-refractivity contribution < 1.29 is 4.79 Å². The molecule has 2 aromatic rings. The Bertz CT molecular complexity index is 1250. The molecule has 6 nitrogen and oxygen atoms in total. The molecule has 1 amide bonds. The standard InChI is InChI=1S/C25H26N4O2S2/c1-4-28-22(27-11-5-6-12-27)19(17(3)20(14-26)23(28)30)13-21-24(31)29(25(32)33-21)15-18-9-7-16(2)8-10-18/h7-10,13H,4-6,11-12,15H2,1-3H3/b21-13+. The van der Waals surface area contributed by atoms with Crippen LogP contribution in [0.15, 0.2) is 34.0 Å². The maximum absolute atomic E-state index is 13.3. The molecule has 0 saturated carbocycles. The first-order valence-corrected chi connectivity index (χ1v) is 12.3. The average molecular weight is 479 g/mol. The molecule has 2 fully saturated rings. The number of nitriles is 1. The first-order valence-electron chi connectivity index (χ1n) is 11.1. The van der Waals surface area contributed by atoms with Gasteiger partial charge in [-0.25, -0.2) is 0 Å². The van der Waals surface area contributed by atoms with Gasteiger partial charge in [0, 0.05) is 25.2 Å². The third-order valence-electron chi connectivity index (χ3n) is 6.18. The second-order valence-electron chi connectivity index (χ2n) is 8.35. The van der Waals surface area contributed by atoms with Crippen LogP contribution >= 0.6 is 24.0 Å². The number of thioether (sulfide) groups is 1. The third kappa shape index (κ3) is 4.35. The SMILES string of the molecule is CCn1c(N2CCCC2)c(/C=C2/SC(=S)N(Cc3ccc(C)cc3)C2=O)c(C)c(C#N)c1=O. The molecule has 4 rings (SSSR count). The number of aryl methyl sites for hydroxylation is 1. The van der Waals surface area contributed by atoms with Gasteiger partial charge in [-0.3, -0.25) is 19.1 Å². The molecule has 0 aliphatic carbocycles.